The molecule has 0 aliphatic rings. The Bertz CT molecular complexity index is 352. The molecule has 0 heterocycles. The first kappa shape index (κ1) is 26.4. The third-order valence-electron chi connectivity index (χ3n) is 1.77. The van der Waals surface area contributed by atoms with Crippen molar-refractivity contribution in [2.24, 2.45) is 0 Å². The summed E-state index contributed by atoms with van der Waals surface area (Å²) in [4.78, 5) is 0. The first-order chi connectivity index (χ1) is 9.36. The Hall–Kier alpha value is 0.450. The van der Waals surface area contributed by atoms with Crippen LogP contribution in [0.15, 0.2) is 0 Å². The van der Waals surface area contributed by atoms with Crippen molar-refractivity contribution < 1.29 is 40.8 Å². The van der Waals surface area contributed by atoms with Gasteiger partial charge < -0.3 is 13.6 Å². The molecule has 0 spiro atoms. The van der Waals surface area contributed by atoms with Crippen LogP contribution in [0.4, 0.5) is 0 Å². The second-order valence-corrected chi connectivity index (χ2v) is 10.7. The molecule has 9 nitrogen and oxygen atoms in total. The predicted octanol–water partition coefficient (Wildman–Crippen LogP) is 3.31. The topological polar surface area (TPSA) is 107 Å². The fraction of sp³-hybridized carbons (Fsp3) is 1.00. The molecule has 0 fully saturated rings. The lowest BCUT2D eigenvalue weighted by Gasteiger charge is -2.08. The van der Waals surface area contributed by atoms with Gasteiger partial charge in [0.2, 0.25) is 0 Å². The quantitative estimate of drug-likeness (QED) is 0.649. The number of hydrogen-bond acceptors (Lipinski definition) is 9. The maximum absolute atomic E-state index is 10.7. The lowest BCUT2D eigenvalue weighted by atomic mass is 11.8. The Morgan fingerprint density at radius 3 is 0.762 bits per heavy atom. The monoisotopic (exact) mass is 372 g/mol. The van der Waals surface area contributed by atoms with Crippen molar-refractivity contribution in [3.05, 3.63) is 0 Å². The summed E-state index contributed by atoms with van der Waals surface area (Å²) in [7, 11) is -0.0417. The van der Waals surface area contributed by atoms with Crippen molar-refractivity contribution in [2.75, 3.05) is 62.7 Å². The van der Waals surface area contributed by atoms with E-state index in [9.17, 15) is 13.7 Å². The number of phosphoric ester groups is 1. The molecular weight excluding hydrogens is 345 g/mol. The Morgan fingerprint density at radius 2 is 0.762 bits per heavy atom. The van der Waals surface area contributed by atoms with Crippen LogP contribution in [0, 0.1) is 0 Å². The van der Waals surface area contributed by atoms with Crippen molar-refractivity contribution in [1.82, 2.24) is 0 Å². The Balaban J connectivity index is -0.000000234. The van der Waals surface area contributed by atoms with E-state index in [0.29, 0.717) is 0 Å². The third-order valence-corrected chi connectivity index (χ3v) is 5.32. The molecule has 12 heteroatoms. The maximum atomic E-state index is 10.7. The molecule has 0 aliphatic heterocycles. The number of rotatable bonds is 6. The molecule has 0 atom stereocenters. The zero-order valence-corrected chi connectivity index (χ0v) is 16.7. The highest BCUT2D eigenvalue weighted by molar-refractivity contribution is 7.57. The smallest absolute Gasteiger partial charge is 0.332 e. The van der Waals surface area contributed by atoms with E-state index in [0.717, 1.165) is 0 Å². The summed E-state index contributed by atoms with van der Waals surface area (Å²) >= 11 is 0. The average Bonchev–Trinajstić information content (AvgIpc) is 2.47. The van der Waals surface area contributed by atoms with Gasteiger partial charge in [-0.05, 0) is 0 Å². The SMILES string of the molecule is COP(=O)(OC)OC.COP(C)(=O)OC.COP(C)(C)=O. The first-order valence-corrected chi connectivity index (χ1v) is 11.4. The Labute approximate surface area is 127 Å². The van der Waals surface area contributed by atoms with Crippen LogP contribution >= 0.6 is 22.8 Å². The van der Waals surface area contributed by atoms with Crippen LogP contribution in [0.2, 0.25) is 0 Å². The molecule has 0 aromatic rings. The average molecular weight is 372 g/mol. The molecule has 0 bridgehead atoms. The van der Waals surface area contributed by atoms with Crippen molar-refractivity contribution in [2.45, 2.75) is 0 Å². The maximum Gasteiger partial charge on any atom is 0.473 e. The summed E-state index contributed by atoms with van der Waals surface area (Å²) in [5.41, 5.74) is 0. The van der Waals surface area contributed by atoms with Crippen LogP contribution in [-0.4, -0.2) is 62.7 Å². The standard InChI is InChI=1S/C3H9O4P.C3H9O3P.C3H9O2P/c1-5-8(4,6-2)7-3;1-5-7(3,4)6-2;1-5-6(2,3)4/h1-3H3;1-3H3;1-3H3. The summed E-state index contributed by atoms with van der Waals surface area (Å²) in [5, 5.41) is 0. The van der Waals surface area contributed by atoms with Gasteiger partial charge in [-0.25, -0.2) is 4.57 Å². The zero-order valence-electron chi connectivity index (χ0n) is 14.0. The van der Waals surface area contributed by atoms with Crippen LogP contribution in [0.5, 0.6) is 0 Å². The van der Waals surface area contributed by atoms with Gasteiger partial charge in [-0.1, -0.05) is 0 Å². The predicted molar refractivity (Wildman–Crippen MR) is 82.6 cm³/mol. The largest absolute Gasteiger partial charge is 0.473 e. The minimum atomic E-state index is -3.16. The fourth-order valence-electron chi connectivity index (χ4n) is 0.298. The van der Waals surface area contributed by atoms with E-state index >= 15 is 0 Å². The molecule has 21 heavy (non-hydrogen) atoms. The van der Waals surface area contributed by atoms with Gasteiger partial charge in [0.1, 0.15) is 0 Å². The van der Waals surface area contributed by atoms with Crippen LogP contribution in [0.1, 0.15) is 0 Å². The van der Waals surface area contributed by atoms with Crippen LogP contribution in [0.3, 0.4) is 0 Å². The number of phosphoric acid groups is 1. The molecule has 0 radical (unpaired) electrons. The van der Waals surface area contributed by atoms with Gasteiger partial charge in [-0.3, -0.25) is 22.7 Å². The lowest BCUT2D eigenvalue weighted by molar-refractivity contribution is 0.178. The molecule has 132 valence electrons. The van der Waals surface area contributed by atoms with Gasteiger partial charge in [0.05, 0.1) is 0 Å². The van der Waals surface area contributed by atoms with Crippen molar-refractivity contribution in [1.29, 1.82) is 0 Å². The minimum Gasteiger partial charge on any atom is -0.332 e. The minimum absolute atomic E-state index is 1.26. The highest BCUT2D eigenvalue weighted by atomic mass is 31.2. The van der Waals surface area contributed by atoms with Crippen LogP contribution in [0.25, 0.3) is 0 Å². The summed E-state index contributed by atoms with van der Waals surface area (Å²) in [6, 6.07) is 0. The molecule has 0 rings (SSSR count). The molecule has 0 N–H and O–H groups in total. The summed E-state index contributed by atoms with van der Waals surface area (Å²) in [5.74, 6) is 0. The fourth-order valence-corrected chi connectivity index (χ4v) is 0.894. The molecule has 0 aromatic heterocycles. The molecule has 0 aromatic carbocycles. The summed E-state index contributed by atoms with van der Waals surface area (Å²) in [6.07, 6.45) is 0. The van der Waals surface area contributed by atoms with Gasteiger partial charge in [-0.15, -0.1) is 0 Å². The van der Waals surface area contributed by atoms with Gasteiger partial charge in [0.25, 0.3) is 0 Å². The van der Waals surface area contributed by atoms with E-state index < -0.39 is 22.8 Å². The molecule has 0 unspecified atom stereocenters. The van der Waals surface area contributed by atoms with Crippen LogP contribution in [-0.2, 0) is 40.8 Å². The van der Waals surface area contributed by atoms with E-state index in [2.05, 4.69) is 27.1 Å². The second kappa shape index (κ2) is 12.9. The van der Waals surface area contributed by atoms with Gasteiger partial charge in [0, 0.05) is 62.7 Å². The zero-order chi connectivity index (χ0) is 17.7. The molecular formula is C9H27O9P3. The lowest BCUT2D eigenvalue weighted by Crippen LogP contribution is -1.88. The van der Waals surface area contributed by atoms with Gasteiger partial charge >= 0.3 is 15.4 Å². The Morgan fingerprint density at radius 1 is 0.524 bits per heavy atom. The second-order valence-electron chi connectivity index (χ2n) is 3.57. The van der Waals surface area contributed by atoms with E-state index in [1.807, 2.05) is 0 Å². The first-order valence-electron chi connectivity index (χ1n) is 5.43. The summed E-state index contributed by atoms with van der Waals surface area (Å²) < 4.78 is 57.9. The number of hydrogen-bond donors (Lipinski definition) is 0. The van der Waals surface area contributed by atoms with Crippen LogP contribution < -0.4 is 0 Å². The third kappa shape index (κ3) is 20.4. The van der Waals surface area contributed by atoms with Gasteiger partial charge in [-0.2, -0.15) is 0 Å². The molecule has 0 aliphatic carbocycles. The molecule has 0 amide bonds. The van der Waals surface area contributed by atoms with E-state index in [-0.39, 0.29) is 0 Å². The van der Waals surface area contributed by atoms with E-state index in [1.54, 1.807) is 13.3 Å². The van der Waals surface area contributed by atoms with Crippen molar-refractivity contribution in [3.8, 4) is 0 Å². The van der Waals surface area contributed by atoms with E-state index in [1.165, 1.54) is 49.3 Å². The highest BCUT2D eigenvalue weighted by Crippen LogP contribution is 2.46. The summed E-state index contributed by atoms with van der Waals surface area (Å²) in [6.45, 7) is 4.56. The molecule has 0 saturated heterocycles. The van der Waals surface area contributed by atoms with Crippen molar-refractivity contribution in [3.63, 3.8) is 0 Å². The van der Waals surface area contributed by atoms with Crippen molar-refractivity contribution >= 4 is 22.8 Å². The Kier molecular flexibility index (Phi) is 16.2. The normalized spacial score (nSPS) is 11.9. The molecule has 0 saturated carbocycles. The van der Waals surface area contributed by atoms with E-state index in [4.69, 9.17) is 0 Å². The van der Waals surface area contributed by atoms with Gasteiger partial charge in [0.15, 0.2) is 7.37 Å². The highest BCUT2D eigenvalue weighted by Gasteiger charge is 2.18.